The van der Waals surface area contributed by atoms with Gasteiger partial charge in [0.1, 0.15) is 0 Å². The molecule has 236 valence electrons. The number of rotatable bonds is 2. The van der Waals surface area contributed by atoms with Gasteiger partial charge in [-0.25, -0.2) is 12.2 Å². The van der Waals surface area contributed by atoms with Crippen molar-refractivity contribution in [2.75, 3.05) is 0 Å². The minimum absolute atomic E-state index is 0.180. The largest absolute Gasteiger partial charge is 0.273 e. The Hall–Kier alpha value is -3.23. The summed E-state index contributed by atoms with van der Waals surface area (Å²) in [4.78, 5) is 0. The molecule has 0 saturated carbocycles. The minimum atomic E-state index is -4.29. The SMILES string of the molecule is Cc1cc2[cH-]c3cc(C)c(C(C)(C)C)cc3c2cc1C(C)(C)C.FC(F)(F)c1cccc([C](=[Zr+2])c2ccccc2)c1.[C-]1=CC=CC1. The van der Waals surface area contributed by atoms with E-state index in [2.05, 4.69) is 97.9 Å². The summed E-state index contributed by atoms with van der Waals surface area (Å²) in [7, 11) is 0. The second-order valence-electron chi connectivity index (χ2n) is 14.0. The van der Waals surface area contributed by atoms with Crippen molar-refractivity contribution in [1.29, 1.82) is 0 Å². The second-order valence-corrected chi connectivity index (χ2v) is 15.2. The minimum Gasteiger partial charge on any atom is -0.273 e. The molecule has 0 nitrogen and oxygen atoms in total. The summed E-state index contributed by atoms with van der Waals surface area (Å²) in [5, 5.41) is 5.55. The number of benzene rings is 4. The maximum Gasteiger partial charge on any atom is -0.109 e. The Morgan fingerprint density at radius 2 is 1.22 bits per heavy atom. The van der Waals surface area contributed by atoms with E-state index in [0.717, 1.165) is 45.5 Å². The van der Waals surface area contributed by atoms with Crippen molar-refractivity contribution in [3.8, 4) is 0 Å². The Morgan fingerprint density at radius 1 is 0.696 bits per heavy atom. The quantitative estimate of drug-likeness (QED) is 0.161. The maximum absolute atomic E-state index is 12.6. The van der Waals surface area contributed by atoms with Crippen LogP contribution in [0, 0.1) is 19.9 Å². The molecule has 1 aliphatic rings. The third-order valence-corrected chi connectivity index (χ3v) is 9.56. The van der Waals surface area contributed by atoms with E-state index in [1.807, 2.05) is 42.5 Å². The fourth-order valence-corrected chi connectivity index (χ4v) is 6.70. The number of halogens is 3. The van der Waals surface area contributed by atoms with Crippen LogP contribution in [0.25, 0.3) is 21.5 Å². The molecule has 0 heterocycles. The molecule has 0 aliphatic heterocycles. The Balaban J connectivity index is 0.000000185. The van der Waals surface area contributed by atoms with Crippen molar-refractivity contribution in [2.45, 2.75) is 78.8 Å². The summed E-state index contributed by atoms with van der Waals surface area (Å²) in [6, 6.07) is 26.9. The smallest absolute Gasteiger partial charge is 0.109 e. The number of hydrogen-bond donors (Lipinski definition) is 0. The van der Waals surface area contributed by atoms with Gasteiger partial charge in [-0.1, -0.05) is 75.9 Å². The van der Waals surface area contributed by atoms with Crippen LogP contribution >= 0.6 is 0 Å². The van der Waals surface area contributed by atoms with E-state index in [0.29, 0.717) is 5.56 Å². The summed E-state index contributed by atoms with van der Waals surface area (Å²) in [5.41, 5.74) is 7.06. The number of hydrogen-bond acceptors (Lipinski definition) is 0. The van der Waals surface area contributed by atoms with Gasteiger partial charge < -0.3 is 0 Å². The molecule has 4 heteroatoms. The average Bonchev–Trinajstić information content (AvgIpc) is 3.67. The first-order valence-corrected chi connectivity index (χ1v) is 16.9. The molecule has 0 saturated heterocycles. The number of aryl methyl sites for hydroxylation is 2. The number of alkyl halides is 3. The zero-order chi connectivity index (χ0) is 33.9. The molecule has 0 spiro atoms. The Bertz CT molecular complexity index is 1800. The van der Waals surface area contributed by atoms with Gasteiger partial charge in [-0.15, -0.1) is 46.2 Å². The maximum atomic E-state index is 12.6. The van der Waals surface area contributed by atoms with Gasteiger partial charge in [0.15, 0.2) is 0 Å². The summed E-state index contributed by atoms with van der Waals surface area (Å²) in [6.07, 6.45) is 5.71. The number of allylic oxidation sites excluding steroid dienone is 4. The van der Waals surface area contributed by atoms with Crippen LogP contribution < -0.4 is 0 Å². The summed E-state index contributed by atoms with van der Waals surface area (Å²) >= 11 is 1.09. The van der Waals surface area contributed by atoms with Crippen LogP contribution in [0.5, 0.6) is 0 Å². The van der Waals surface area contributed by atoms with Gasteiger partial charge in [-0.05, 0) is 24.7 Å². The zero-order valence-corrected chi connectivity index (χ0v) is 30.6. The fraction of sp³-hybridized carbons (Fsp3) is 0.286. The van der Waals surface area contributed by atoms with Crippen molar-refractivity contribution in [3.63, 3.8) is 0 Å². The normalized spacial score (nSPS) is 13.0. The molecule has 0 aromatic heterocycles. The van der Waals surface area contributed by atoms with Gasteiger partial charge in [-0.2, -0.15) is 6.08 Å². The Morgan fingerprint density at radius 3 is 1.63 bits per heavy atom. The zero-order valence-electron chi connectivity index (χ0n) is 28.2. The molecule has 1 aliphatic carbocycles. The fourth-order valence-electron chi connectivity index (χ4n) is 5.91. The van der Waals surface area contributed by atoms with Gasteiger partial charge in [0.25, 0.3) is 0 Å². The molecule has 0 bridgehead atoms. The summed E-state index contributed by atoms with van der Waals surface area (Å²) in [5.74, 6) is 0. The third-order valence-electron chi connectivity index (χ3n) is 8.14. The first kappa shape index (κ1) is 35.6. The van der Waals surface area contributed by atoms with Crippen molar-refractivity contribution in [1.82, 2.24) is 0 Å². The van der Waals surface area contributed by atoms with E-state index in [1.54, 1.807) is 6.07 Å². The van der Waals surface area contributed by atoms with Crippen molar-refractivity contribution >= 4 is 24.8 Å². The topological polar surface area (TPSA) is 0 Å². The van der Waals surface area contributed by atoms with E-state index >= 15 is 0 Å². The second kappa shape index (κ2) is 14.3. The molecule has 5 aromatic rings. The van der Waals surface area contributed by atoms with Crippen molar-refractivity contribution < 1.29 is 37.4 Å². The number of fused-ring (bicyclic) bond motifs is 3. The Kier molecular flexibility index (Phi) is 11.0. The molecule has 0 amide bonds. The molecular formula is C42H43F3Zr. The van der Waals surface area contributed by atoms with E-state index in [1.165, 1.54) is 55.9 Å². The predicted molar refractivity (Wildman–Crippen MR) is 187 cm³/mol. The standard InChI is InChI=1S/C23H29.C14H9F3.C5H5.Zr/c1-14-9-16-11-17-10-15(2)21(23(6,7)8)13-19(17)18(16)12-20(14)22(3,4)5;15-14(16,17)13-8-4-7-12(10-13)9-11-5-2-1-3-6-11;1-2-4-5-3-1;/h9-13H,1-8H3;1-8,10H;1-3H,4H2;/q-1;;-1;+2. The molecule has 0 atom stereocenters. The average molecular weight is 696 g/mol. The van der Waals surface area contributed by atoms with Crippen LogP contribution in [-0.2, 0) is 41.2 Å². The first-order valence-electron chi connectivity index (χ1n) is 15.7. The molecule has 46 heavy (non-hydrogen) atoms. The molecular weight excluding hydrogens is 653 g/mol. The summed E-state index contributed by atoms with van der Waals surface area (Å²) in [6.45, 7) is 18.3. The Labute approximate surface area is 287 Å². The van der Waals surface area contributed by atoms with Crippen molar-refractivity contribution in [3.05, 3.63) is 148 Å². The van der Waals surface area contributed by atoms with Gasteiger partial charge >= 0.3 is 118 Å². The molecule has 0 fully saturated rings. The van der Waals surface area contributed by atoms with E-state index in [4.69, 9.17) is 0 Å². The monoisotopic (exact) mass is 694 g/mol. The van der Waals surface area contributed by atoms with Gasteiger partial charge in [-0.3, -0.25) is 6.08 Å². The first-order chi connectivity index (χ1) is 21.5. The predicted octanol–water partition coefficient (Wildman–Crippen LogP) is 12.1. The molecule has 0 N–H and O–H groups in total. The van der Waals surface area contributed by atoms with Crippen LogP contribution in [-0.4, -0.2) is 3.21 Å². The van der Waals surface area contributed by atoms with Crippen LogP contribution in [0.1, 0.15) is 86.9 Å². The van der Waals surface area contributed by atoms with E-state index in [-0.39, 0.29) is 10.8 Å². The molecule has 5 aromatic carbocycles. The van der Waals surface area contributed by atoms with Gasteiger partial charge in [0.2, 0.25) is 0 Å². The third kappa shape index (κ3) is 8.77. The van der Waals surface area contributed by atoms with Crippen LogP contribution in [0.2, 0.25) is 0 Å². The summed E-state index contributed by atoms with van der Waals surface area (Å²) < 4.78 is 38.8. The van der Waals surface area contributed by atoms with Crippen LogP contribution in [0.15, 0.2) is 103 Å². The van der Waals surface area contributed by atoms with Gasteiger partial charge in [0, 0.05) is 0 Å². The van der Waals surface area contributed by atoms with E-state index < -0.39 is 11.7 Å². The molecule has 6 rings (SSSR count). The van der Waals surface area contributed by atoms with Crippen molar-refractivity contribution in [2.24, 2.45) is 0 Å². The van der Waals surface area contributed by atoms with Crippen LogP contribution in [0.3, 0.4) is 0 Å². The van der Waals surface area contributed by atoms with Crippen LogP contribution in [0.4, 0.5) is 13.2 Å². The van der Waals surface area contributed by atoms with E-state index in [9.17, 15) is 13.2 Å². The van der Waals surface area contributed by atoms with Gasteiger partial charge in [0.05, 0.1) is 0 Å². The molecule has 0 unspecified atom stereocenters. The molecule has 0 radical (unpaired) electrons.